The van der Waals surface area contributed by atoms with E-state index in [0.29, 0.717) is 12.4 Å². The Morgan fingerprint density at radius 3 is 2.71 bits per heavy atom. The van der Waals surface area contributed by atoms with E-state index in [1.165, 1.54) is 5.69 Å². The second kappa shape index (κ2) is 9.87. The average molecular weight is 508 g/mol. The van der Waals surface area contributed by atoms with Crippen molar-refractivity contribution < 1.29 is 4.74 Å². The van der Waals surface area contributed by atoms with Crippen LogP contribution in [0.15, 0.2) is 40.1 Å². The van der Waals surface area contributed by atoms with Crippen LogP contribution in [0.2, 0.25) is 0 Å². The summed E-state index contributed by atoms with van der Waals surface area (Å²) in [7, 11) is 7.45. The van der Waals surface area contributed by atoms with Crippen LogP contribution in [0.25, 0.3) is 0 Å². The van der Waals surface area contributed by atoms with Gasteiger partial charge in [0.15, 0.2) is 5.96 Å². The van der Waals surface area contributed by atoms with Gasteiger partial charge in [-0.1, -0.05) is 6.07 Å². The number of hydrogen-bond donors (Lipinski definition) is 1. The monoisotopic (exact) mass is 507 g/mol. The molecule has 2 rings (SSSR count). The second-order valence-corrected chi connectivity index (χ2v) is 6.14. The van der Waals surface area contributed by atoms with Crippen LogP contribution in [-0.2, 0) is 20.1 Å². The summed E-state index contributed by atoms with van der Waals surface area (Å²) in [5.41, 5.74) is 2.27. The van der Waals surface area contributed by atoms with Gasteiger partial charge in [0, 0.05) is 56.3 Å². The van der Waals surface area contributed by atoms with Crippen molar-refractivity contribution in [3.63, 3.8) is 0 Å². The van der Waals surface area contributed by atoms with Gasteiger partial charge in [-0.25, -0.2) is 4.98 Å². The summed E-state index contributed by atoms with van der Waals surface area (Å²) in [6, 6.07) is 5.95. The average Bonchev–Trinajstić information content (AvgIpc) is 2.86. The summed E-state index contributed by atoms with van der Waals surface area (Å²) >= 11 is 3.50. The molecule has 2 aromatic rings. The van der Waals surface area contributed by atoms with E-state index >= 15 is 0 Å². The third-order valence-electron chi connectivity index (χ3n) is 3.50. The van der Waals surface area contributed by atoms with Gasteiger partial charge in [0.05, 0.1) is 13.7 Å². The first-order valence-electron chi connectivity index (χ1n) is 7.25. The zero-order chi connectivity index (χ0) is 16.8. The molecule has 2 heterocycles. The maximum Gasteiger partial charge on any atom is 0.212 e. The number of ether oxygens (including phenoxy) is 1. The van der Waals surface area contributed by atoms with Gasteiger partial charge in [0.25, 0.3) is 0 Å². The van der Waals surface area contributed by atoms with Crippen molar-refractivity contribution in [1.29, 1.82) is 0 Å². The quantitative estimate of drug-likeness (QED) is 0.384. The Morgan fingerprint density at radius 2 is 2.21 bits per heavy atom. The molecule has 0 saturated heterocycles. The lowest BCUT2D eigenvalue weighted by molar-refractivity contribution is 0.397. The number of rotatable bonds is 5. The minimum Gasteiger partial charge on any atom is -0.481 e. The van der Waals surface area contributed by atoms with Crippen molar-refractivity contribution >= 4 is 45.9 Å². The fourth-order valence-electron chi connectivity index (χ4n) is 2.24. The van der Waals surface area contributed by atoms with Gasteiger partial charge in [0.2, 0.25) is 5.88 Å². The molecule has 0 radical (unpaired) electrons. The largest absolute Gasteiger partial charge is 0.481 e. The van der Waals surface area contributed by atoms with Gasteiger partial charge >= 0.3 is 0 Å². The zero-order valence-corrected chi connectivity index (χ0v) is 18.2. The van der Waals surface area contributed by atoms with Gasteiger partial charge < -0.3 is 19.5 Å². The minimum absolute atomic E-state index is 0. The van der Waals surface area contributed by atoms with Crippen molar-refractivity contribution in [3.8, 4) is 5.88 Å². The molecular weight excluding hydrogens is 485 g/mol. The van der Waals surface area contributed by atoms with E-state index in [4.69, 9.17) is 4.74 Å². The van der Waals surface area contributed by atoms with Gasteiger partial charge in [0.1, 0.15) is 0 Å². The molecule has 0 spiro atoms. The molecule has 0 aliphatic carbocycles. The van der Waals surface area contributed by atoms with E-state index in [1.807, 2.05) is 32.4 Å². The number of pyridine rings is 1. The topological polar surface area (TPSA) is 54.7 Å². The van der Waals surface area contributed by atoms with Gasteiger partial charge in [-0.2, -0.15) is 0 Å². The molecule has 0 aliphatic heterocycles. The number of hydrogen-bond acceptors (Lipinski definition) is 3. The number of methoxy groups -OCH3 is 1. The molecule has 0 saturated carbocycles. The third kappa shape index (κ3) is 5.66. The number of nitrogens with one attached hydrogen (secondary N) is 1. The summed E-state index contributed by atoms with van der Waals surface area (Å²) < 4.78 is 8.24. The van der Waals surface area contributed by atoms with Crippen LogP contribution in [0.5, 0.6) is 5.88 Å². The van der Waals surface area contributed by atoms with Crippen molar-refractivity contribution in [2.75, 3.05) is 21.2 Å². The molecule has 0 atom stereocenters. The zero-order valence-electron chi connectivity index (χ0n) is 14.3. The van der Waals surface area contributed by atoms with Gasteiger partial charge in [-0.05, 0) is 27.6 Å². The highest BCUT2D eigenvalue weighted by Crippen LogP contribution is 2.15. The van der Waals surface area contributed by atoms with Crippen molar-refractivity contribution in [3.05, 3.63) is 46.3 Å². The molecule has 6 nitrogen and oxygen atoms in total. The highest BCUT2D eigenvalue weighted by atomic mass is 127. The molecule has 2 aromatic heterocycles. The Labute approximate surface area is 168 Å². The first-order chi connectivity index (χ1) is 11.0. The van der Waals surface area contributed by atoms with E-state index in [0.717, 1.165) is 22.5 Å². The maximum absolute atomic E-state index is 5.06. The number of aliphatic imine (C=N–C) groups is 1. The lowest BCUT2D eigenvalue weighted by Crippen LogP contribution is -2.38. The van der Waals surface area contributed by atoms with E-state index in [9.17, 15) is 0 Å². The van der Waals surface area contributed by atoms with Crippen LogP contribution in [0, 0.1) is 0 Å². The highest BCUT2D eigenvalue weighted by molar-refractivity contribution is 14.0. The van der Waals surface area contributed by atoms with Gasteiger partial charge in [-0.3, -0.25) is 4.99 Å². The Balaban J connectivity index is 0.00000288. The Morgan fingerprint density at radius 1 is 1.46 bits per heavy atom. The first-order valence-corrected chi connectivity index (χ1v) is 8.04. The van der Waals surface area contributed by atoms with Crippen molar-refractivity contribution in [2.24, 2.45) is 12.0 Å². The molecule has 1 N–H and O–H groups in total. The van der Waals surface area contributed by atoms with E-state index in [-0.39, 0.29) is 24.0 Å². The Bertz CT molecular complexity index is 672. The van der Waals surface area contributed by atoms with E-state index < -0.39 is 0 Å². The number of aryl methyl sites for hydroxylation is 1. The summed E-state index contributed by atoms with van der Waals surface area (Å²) in [6.07, 6.45) is 3.84. The first kappa shape index (κ1) is 20.8. The summed E-state index contributed by atoms with van der Waals surface area (Å²) in [5.74, 6) is 1.45. The van der Waals surface area contributed by atoms with Crippen LogP contribution >= 0.6 is 39.9 Å². The van der Waals surface area contributed by atoms with E-state index in [2.05, 4.69) is 46.8 Å². The molecule has 132 valence electrons. The molecule has 24 heavy (non-hydrogen) atoms. The van der Waals surface area contributed by atoms with Crippen molar-refractivity contribution in [1.82, 2.24) is 19.8 Å². The summed E-state index contributed by atoms with van der Waals surface area (Å²) in [5, 5.41) is 3.34. The van der Waals surface area contributed by atoms with Crippen LogP contribution in [-0.4, -0.2) is 41.6 Å². The van der Waals surface area contributed by atoms with Crippen LogP contribution < -0.4 is 10.1 Å². The summed E-state index contributed by atoms with van der Waals surface area (Å²) in [6.45, 7) is 1.42. The lowest BCUT2D eigenvalue weighted by atomic mass is 10.3. The molecule has 0 fully saturated rings. The second-order valence-electron chi connectivity index (χ2n) is 5.23. The minimum atomic E-state index is 0. The standard InChI is InChI=1S/C16H22BrN5O.HI/c1-18-16(20-9-12-5-6-15(23-4)19-8-12)22(3)11-14-7-13(17)10-21(14)2;/h5-8,10H,9,11H2,1-4H3,(H,18,20);1H. The van der Waals surface area contributed by atoms with Crippen LogP contribution in [0.1, 0.15) is 11.3 Å². The highest BCUT2D eigenvalue weighted by Gasteiger charge is 2.09. The SMILES string of the molecule is CN=C(NCc1ccc(OC)nc1)N(C)Cc1cc(Br)cn1C.I. The lowest BCUT2D eigenvalue weighted by Gasteiger charge is -2.22. The molecule has 0 amide bonds. The number of guanidine groups is 1. The number of nitrogens with zero attached hydrogens (tertiary/aromatic N) is 4. The predicted molar refractivity (Wildman–Crippen MR) is 111 cm³/mol. The molecule has 0 bridgehead atoms. The Kier molecular flexibility index (Phi) is 8.54. The van der Waals surface area contributed by atoms with E-state index in [1.54, 1.807) is 20.4 Å². The van der Waals surface area contributed by atoms with Gasteiger partial charge in [-0.15, -0.1) is 24.0 Å². The van der Waals surface area contributed by atoms with Crippen molar-refractivity contribution in [2.45, 2.75) is 13.1 Å². The smallest absolute Gasteiger partial charge is 0.212 e. The maximum atomic E-state index is 5.06. The Hall–Kier alpha value is -1.29. The molecule has 8 heteroatoms. The predicted octanol–water partition coefficient (Wildman–Crippen LogP) is 3.02. The van der Waals surface area contributed by atoms with Crippen LogP contribution in [0.4, 0.5) is 0 Å². The fourth-order valence-corrected chi connectivity index (χ4v) is 2.81. The van der Waals surface area contributed by atoms with Crippen LogP contribution in [0.3, 0.4) is 0 Å². The number of halogens is 2. The summed E-state index contributed by atoms with van der Waals surface area (Å²) in [4.78, 5) is 10.6. The fraction of sp³-hybridized carbons (Fsp3) is 0.375. The number of aromatic nitrogens is 2. The normalized spacial score (nSPS) is 11.0. The molecule has 0 aliphatic rings. The molecule has 0 unspecified atom stereocenters. The molecular formula is C16H23BrIN5O. The molecule has 0 aromatic carbocycles. The third-order valence-corrected chi connectivity index (χ3v) is 3.94.